The molecule has 0 atom stereocenters. The molecule has 0 saturated heterocycles. The number of hydrazone groups is 1. The minimum absolute atomic E-state index is 0.100. The molecule has 0 aliphatic rings. The van der Waals surface area contributed by atoms with Gasteiger partial charge in [0.05, 0.1) is 11.4 Å². The minimum atomic E-state index is -0.100. The van der Waals surface area contributed by atoms with Crippen LogP contribution in [0.4, 0.5) is 0 Å². The lowest BCUT2D eigenvalue weighted by atomic mass is 10.1. The predicted molar refractivity (Wildman–Crippen MR) is 90.9 cm³/mol. The molecule has 2 rings (SSSR count). The maximum absolute atomic E-state index is 11.9. The molecule has 0 spiro atoms. The average molecular weight is 363 g/mol. The zero-order valence-corrected chi connectivity index (χ0v) is 14.5. The summed E-state index contributed by atoms with van der Waals surface area (Å²) in [6.45, 7) is 5.77. The molecule has 1 aromatic carbocycles. The van der Waals surface area contributed by atoms with E-state index in [0.29, 0.717) is 12.8 Å². The van der Waals surface area contributed by atoms with Crippen molar-refractivity contribution in [3.63, 3.8) is 0 Å². The Morgan fingerprint density at radius 1 is 1.32 bits per heavy atom. The van der Waals surface area contributed by atoms with Crippen LogP contribution in [0.25, 0.3) is 0 Å². The first-order valence-electron chi connectivity index (χ1n) is 7.07. The maximum atomic E-state index is 11.9. The van der Waals surface area contributed by atoms with E-state index in [-0.39, 0.29) is 5.91 Å². The monoisotopic (exact) mass is 362 g/mol. The zero-order chi connectivity index (χ0) is 16.1. The summed E-state index contributed by atoms with van der Waals surface area (Å²) in [7, 11) is 0. The highest BCUT2D eigenvalue weighted by atomic mass is 79.9. The van der Waals surface area contributed by atoms with Gasteiger partial charge in [0.25, 0.3) is 0 Å². The number of nitrogens with one attached hydrogen (secondary N) is 2. The summed E-state index contributed by atoms with van der Waals surface area (Å²) < 4.78 is 1.01. The third kappa shape index (κ3) is 4.27. The van der Waals surface area contributed by atoms with Crippen LogP contribution in [0.3, 0.4) is 0 Å². The Hall–Kier alpha value is -1.95. The third-order valence-electron chi connectivity index (χ3n) is 3.49. The number of halogens is 1. The number of aromatic amines is 1. The van der Waals surface area contributed by atoms with Crippen molar-refractivity contribution in [1.29, 1.82) is 0 Å². The summed E-state index contributed by atoms with van der Waals surface area (Å²) in [6.07, 6.45) is 1.05. The van der Waals surface area contributed by atoms with Crippen LogP contribution in [-0.2, 0) is 11.2 Å². The number of amides is 1. The molecular weight excluding hydrogens is 344 g/mol. The van der Waals surface area contributed by atoms with E-state index in [4.69, 9.17) is 0 Å². The van der Waals surface area contributed by atoms with Gasteiger partial charge in [0.15, 0.2) is 0 Å². The number of hydrogen-bond acceptors (Lipinski definition) is 3. The van der Waals surface area contributed by atoms with Crippen LogP contribution in [0.15, 0.2) is 33.8 Å². The summed E-state index contributed by atoms with van der Waals surface area (Å²) >= 11 is 3.39. The maximum Gasteiger partial charge on any atom is 0.240 e. The molecule has 116 valence electrons. The quantitative estimate of drug-likeness (QED) is 0.632. The molecule has 0 radical (unpaired) electrons. The van der Waals surface area contributed by atoms with E-state index in [1.165, 1.54) is 0 Å². The van der Waals surface area contributed by atoms with Crippen molar-refractivity contribution in [1.82, 2.24) is 15.6 Å². The molecule has 1 aromatic heterocycles. The molecule has 5 nitrogen and oxygen atoms in total. The van der Waals surface area contributed by atoms with Crippen molar-refractivity contribution < 1.29 is 4.79 Å². The summed E-state index contributed by atoms with van der Waals surface area (Å²) in [6, 6.07) is 7.79. The van der Waals surface area contributed by atoms with Crippen molar-refractivity contribution >= 4 is 27.5 Å². The van der Waals surface area contributed by atoms with Gasteiger partial charge in [0.1, 0.15) is 0 Å². The molecule has 0 fully saturated rings. The minimum Gasteiger partial charge on any atom is -0.282 e. The Balaban J connectivity index is 1.89. The lowest BCUT2D eigenvalue weighted by Crippen LogP contribution is -2.19. The standard InChI is InChI=1S/C16H19BrN4O/c1-10(13-4-6-14(17)7-5-13)18-21-16(22)9-8-15-11(2)19-20-12(15)3/h4-7H,8-9H2,1-3H3,(H,19,20)(H,21,22). The Morgan fingerprint density at radius 3 is 2.59 bits per heavy atom. The first kappa shape index (κ1) is 16.4. The van der Waals surface area contributed by atoms with Gasteiger partial charge in [0, 0.05) is 16.6 Å². The van der Waals surface area contributed by atoms with E-state index < -0.39 is 0 Å². The van der Waals surface area contributed by atoms with E-state index in [1.807, 2.05) is 45.0 Å². The number of carbonyl (C=O) groups excluding carboxylic acids is 1. The van der Waals surface area contributed by atoms with Gasteiger partial charge in [-0.15, -0.1) is 0 Å². The Bertz CT molecular complexity index is 669. The summed E-state index contributed by atoms with van der Waals surface area (Å²) in [4.78, 5) is 11.9. The van der Waals surface area contributed by atoms with Crippen molar-refractivity contribution in [2.24, 2.45) is 5.10 Å². The Morgan fingerprint density at radius 2 is 2.00 bits per heavy atom. The van der Waals surface area contributed by atoms with Gasteiger partial charge in [-0.3, -0.25) is 9.89 Å². The van der Waals surface area contributed by atoms with E-state index in [0.717, 1.165) is 32.7 Å². The van der Waals surface area contributed by atoms with Crippen LogP contribution in [-0.4, -0.2) is 21.8 Å². The molecule has 0 bridgehead atoms. The molecule has 2 aromatic rings. The van der Waals surface area contributed by atoms with Gasteiger partial charge >= 0.3 is 0 Å². The van der Waals surface area contributed by atoms with Gasteiger partial charge in [-0.2, -0.15) is 10.2 Å². The number of H-pyrrole nitrogens is 1. The second-order valence-electron chi connectivity index (χ2n) is 5.15. The number of rotatable bonds is 5. The van der Waals surface area contributed by atoms with Gasteiger partial charge in [-0.1, -0.05) is 28.1 Å². The molecular formula is C16H19BrN4O. The van der Waals surface area contributed by atoms with E-state index >= 15 is 0 Å². The smallest absolute Gasteiger partial charge is 0.240 e. The first-order chi connectivity index (χ1) is 10.5. The van der Waals surface area contributed by atoms with E-state index in [9.17, 15) is 4.79 Å². The number of aryl methyl sites for hydroxylation is 2. The summed E-state index contributed by atoms with van der Waals surface area (Å²) in [5.41, 5.74) is 7.41. The third-order valence-corrected chi connectivity index (χ3v) is 4.02. The number of nitrogens with zero attached hydrogens (tertiary/aromatic N) is 2. The normalized spacial score (nSPS) is 11.5. The highest BCUT2D eigenvalue weighted by Crippen LogP contribution is 2.12. The average Bonchev–Trinajstić information content (AvgIpc) is 2.82. The highest BCUT2D eigenvalue weighted by Gasteiger charge is 2.09. The predicted octanol–water partition coefficient (Wildman–Crippen LogP) is 3.26. The number of carbonyl (C=O) groups is 1. The molecule has 1 heterocycles. The van der Waals surface area contributed by atoms with E-state index in [1.54, 1.807) is 0 Å². The van der Waals surface area contributed by atoms with E-state index in [2.05, 4.69) is 36.7 Å². The molecule has 0 aliphatic carbocycles. The molecule has 6 heteroatoms. The first-order valence-corrected chi connectivity index (χ1v) is 7.86. The second kappa shape index (κ2) is 7.35. The van der Waals surface area contributed by atoms with Gasteiger partial charge in [-0.25, -0.2) is 5.43 Å². The second-order valence-corrected chi connectivity index (χ2v) is 6.07. The molecule has 1 amide bonds. The topological polar surface area (TPSA) is 70.1 Å². The number of aromatic nitrogens is 2. The SMILES string of the molecule is CC(=NNC(=O)CCc1c(C)n[nH]c1C)c1ccc(Br)cc1. The van der Waals surface area contributed by atoms with Crippen LogP contribution >= 0.6 is 15.9 Å². The lowest BCUT2D eigenvalue weighted by Gasteiger charge is -2.04. The van der Waals surface area contributed by atoms with Crippen LogP contribution in [0.1, 0.15) is 35.9 Å². The van der Waals surface area contributed by atoms with Gasteiger partial charge in [-0.05, 0) is 50.5 Å². The van der Waals surface area contributed by atoms with Crippen LogP contribution in [0.2, 0.25) is 0 Å². The van der Waals surface area contributed by atoms with Crippen molar-refractivity contribution in [3.05, 3.63) is 51.3 Å². The largest absolute Gasteiger partial charge is 0.282 e. The van der Waals surface area contributed by atoms with Crippen LogP contribution < -0.4 is 5.43 Å². The van der Waals surface area contributed by atoms with Crippen molar-refractivity contribution in [2.45, 2.75) is 33.6 Å². The fourth-order valence-electron chi connectivity index (χ4n) is 2.14. The number of benzene rings is 1. The summed E-state index contributed by atoms with van der Waals surface area (Å²) in [5, 5.41) is 11.2. The van der Waals surface area contributed by atoms with Crippen molar-refractivity contribution in [2.75, 3.05) is 0 Å². The fourth-order valence-corrected chi connectivity index (χ4v) is 2.40. The lowest BCUT2D eigenvalue weighted by molar-refractivity contribution is -0.121. The summed E-state index contributed by atoms with van der Waals surface area (Å²) in [5.74, 6) is -0.100. The molecule has 22 heavy (non-hydrogen) atoms. The molecule has 0 aliphatic heterocycles. The van der Waals surface area contributed by atoms with Crippen LogP contribution in [0, 0.1) is 13.8 Å². The Labute approximate surface area is 138 Å². The molecule has 2 N–H and O–H groups in total. The number of hydrogen-bond donors (Lipinski definition) is 2. The van der Waals surface area contributed by atoms with Gasteiger partial charge in [0.2, 0.25) is 5.91 Å². The zero-order valence-electron chi connectivity index (χ0n) is 12.9. The molecule has 0 unspecified atom stereocenters. The van der Waals surface area contributed by atoms with Crippen LogP contribution in [0.5, 0.6) is 0 Å². The Kier molecular flexibility index (Phi) is 5.49. The molecule has 0 saturated carbocycles. The fraction of sp³-hybridized carbons (Fsp3) is 0.312. The highest BCUT2D eigenvalue weighted by molar-refractivity contribution is 9.10. The van der Waals surface area contributed by atoms with Crippen molar-refractivity contribution in [3.8, 4) is 0 Å². The van der Waals surface area contributed by atoms with Gasteiger partial charge < -0.3 is 0 Å².